The minimum Gasteiger partial charge on any atom is -0.267 e. The third-order valence-corrected chi connectivity index (χ3v) is 6.06. The molecule has 4 aromatic rings. The van der Waals surface area contributed by atoms with Gasteiger partial charge in [-0.25, -0.2) is 4.68 Å². The van der Waals surface area contributed by atoms with Gasteiger partial charge in [-0.3, -0.25) is 4.79 Å². The molecule has 0 bridgehead atoms. The van der Waals surface area contributed by atoms with Crippen molar-refractivity contribution < 1.29 is 4.79 Å². The SMILES string of the molecule is CC1=NN(c2cccc(Cl)c2)C(=O)/C1=C/c1cn(-c2ccccc2)nc1-c1ccc(Br)cc1. The van der Waals surface area contributed by atoms with Crippen LogP contribution < -0.4 is 5.01 Å². The number of halogens is 2. The normalized spacial score (nSPS) is 14.8. The Balaban J connectivity index is 1.60. The second-order valence-electron chi connectivity index (χ2n) is 7.56. The van der Waals surface area contributed by atoms with Gasteiger partial charge in [0, 0.05) is 26.8 Å². The zero-order valence-electron chi connectivity index (χ0n) is 17.6. The van der Waals surface area contributed by atoms with Gasteiger partial charge in [0.05, 0.1) is 28.4 Å². The third kappa shape index (κ3) is 4.27. The van der Waals surface area contributed by atoms with E-state index < -0.39 is 0 Å². The van der Waals surface area contributed by atoms with E-state index in [4.69, 9.17) is 16.7 Å². The summed E-state index contributed by atoms with van der Waals surface area (Å²) in [7, 11) is 0. The predicted molar refractivity (Wildman–Crippen MR) is 137 cm³/mol. The van der Waals surface area contributed by atoms with E-state index in [1.54, 1.807) is 18.2 Å². The van der Waals surface area contributed by atoms with Crippen LogP contribution in [-0.2, 0) is 4.79 Å². The Labute approximate surface area is 204 Å². The maximum Gasteiger partial charge on any atom is 0.280 e. The molecule has 1 aliphatic rings. The molecule has 0 N–H and O–H groups in total. The largest absolute Gasteiger partial charge is 0.280 e. The van der Waals surface area contributed by atoms with Crippen molar-refractivity contribution in [2.45, 2.75) is 6.92 Å². The molecule has 1 aromatic heterocycles. The maximum atomic E-state index is 13.3. The molecule has 5 nitrogen and oxygen atoms in total. The second kappa shape index (κ2) is 8.81. The molecule has 0 radical (unpaired) electrons. The lowest BCUT2D eigenvalue weighted by Crippen LogP contribution is -2.21. The summed E-state index contributed by atoms with van der Waals surface area (Å²) in [5.41, 5.74) is 5.27. The van der Waals surface area contributed by atoms with Crippen molar-refractivity contribution in [1.82, 2.24) is 9.78 Å². The zero-order valence-corrected chi connectivity index (χ0v) is 20.0. The van der Waals surface area contributed by atoms with Gasteiger partial charge in [-0.1, -0.05) is 63.9 Å². The zero-order chi connectivity index (χ0) is 22.9. The summed E-state index contributed by atoms with van der Waals surface area (Å²) in [6.07, 6.45) is 3.79. The van der Waals surface area contributed by atoms with Crippen molar-refractivity contribution in [2.75, 3.05) is 5.01 Å². The first-order valence-electron chi connectivity index (χ1n) is 10.3. The average Bonchev–Trinajstić information content (AvgIpc) is 3.37. The molecule has 0 spiro atoms. The van der Waals surface area contributed by atoms with E-state index in [2.05, 4.69) is 21.0 Å². The first kappa shape index (κ1) is 21.4. The van der Waals surface area contributed by atoms with E-state index in [-0.39, 0.29) is 5.91 Å². The van der Waals surface area contributed by atoms with E-state index in [0.29, 0.717) is 22.0 Å². The summed E-state index contributed by atoms with van der Waals surface area (Å²) in [4.78, 5) is 13.3. The highest BCUT2D eigenvalue weighted by atomic mass is 79.9. The minimum absolute atomic E-state index is 0.205. The van der Waals surface area contributed by atoms with E-state index in [1.165, 1.54) is 5.01 Å². The second-order valence-corrected chi connectivity index (χ2v) is 8.91. The van der Waals surface area contributed by atoms with Gasteiger partial charge in [-0.2, -0.15) is 15.2 Å². The van der Waals surface area contributed by atoms with Crippen LogP contribution in [0.15, 0.2) is 100 Å². The van der Waals surface area contributed by atoms with Gasteiger partial charge in [0.25, 0.3) is 5.91 Å². The Bertz CT molecular complexity index is 1410. The number of rotatable bonds is 4. The number of benzene rings is 3. The Kier molecular flexibility index (Phi) is 5.70. The van der Waals surface area contributed by atoms with Crippen LogP contribution in [0.25, 0.3) is 23.0 Å². The van der Waals surface area contributed by atoms with Crippen LogP contribution in [0.5, 0.6) is 0 Å². The summed E-state index contributed by atoms with van der Waals surface area (Å²) < 4.78 is 2.81. The Morgan fingerprint density at radius 2 is 1.67 bits per heavy atom. The Hall–Kier alpha value is -3.48. The van der Waals surface area contributed by atoms with Gasteiger partial charge < -0.3 is 0 Å². The van der Waals surface area contributed by atoms with E-state index in [9.17, 15) is 4.79 Å². The molecule has 0 unspecified atom stereocenters. The fourth-order valence-electron chi connectivity index (χ4n) is 3.66. The third-order valence-electron chi connectivity index (χ3n) is 5.30. The molecule has 3 aromatic carbocycles. The van der Waals surface area contributed by atoms with Crippen molar-refractivity contribution in [3.63, 3.8) is 0 Å². The minimum atomic E-state index is -0.205. The Morgan fingerprint density at radius 1 is 0.939 bits per heavy atom. The van der Waals surface area contributed by atoms with Gasteiger partial charge in [-0.15, -0.1) is 0 Å². The smallest absolute Gasteiger partial charge is 0.267 e. The van der Waals surface area contributed by atoms with Gasteiger partial charge in [0.15, 0.2) is 0 Å². The van der Waals surface area contributed by atoms with E-state index in [1.807, 2.05) is 84.5 Å². The highest BCUT2D eigenvalue weighted by molar-refractivity contribution is 9.10. The van der Waals surface area contributed by atoms with E-state index in [0.717, 1.165) is 27.0 Å². The molecular weight excluding hydrogens is 500 g/mol. The maximum absolute atomic E-state index is 13.3. The summed E-state index contributed by atoms with van der Waals surface area (Å²) in [6.45, 7) is 1.83. The lowest BCUT2D eigenvalue weighted by molar-refractivity contribution is -0.114. The van der Waals surface area contributed by atoms with Crippen LogP contribution in [0.1, 0.15) is 12.5 Å². The van der Waals surface area contributed by atoms with Crippen molar-refractivity contribution in [3.8, 4) is 16.9 Å². The fourth-order valence-corrected chi connectivity index (χ4v) is 4.11. The van der Waals surface area contributed by atoms with Gasteiger partial charge in [0.1, 0.15) is 0 Å². The van der Waals surface area contributed by atoms with Crippen LogP contribution in [0.3, 0.4) is 0 Å². The van der Waals surface area contributed by atoms with Crippen LogP contribution >= 0.6 is 27.5 Å². The van der Waals surface area contributed by atoms with Crippen LogP contribution in [0.4, 0.5) is 5.69 Å². The van der Waals surface area contributed by atoms with Crippen molar-refractivity contribution >= 4 is 50.9 Å². The lowest BCUT2D eigenvalue weighted by atomic mass is 10.0. The number of amides is 1. The molecule has 7 heteroatoms. The molecule has 0 aliphatic carbocycles. The quantitative estimate of drug-likeness (QED) is 0.281. The number of hydrogen-bond acceptors (Lipinski definition) is 3. The Morgan fingerprint density at radius 3 is 2.39 bits per heavy atom. The van der Waals surface area contributed by atoms with Crippen molar-refractivity contribution in [2.24, 2.45) is 5.10 Å². The molecule has 1 aliphatic heterocycles. The number of aromatic nitrogens is 2. The summed E-state index contributed by atoms with van der Waals surface area (Å²) in [6, 6.07) is 24.9. The number of anilines is 1. The molecule has 1 amide bonds. The molecule has 162 valence electrons. The molecule has 33 heavy (non-hydrogen) atoms. The summed E-state index contributed by atoms with van der Waals surface area (Å²) in [5.74, 6) is -0.205. The lowest BCUT2D eigenvalue weighted by Gasteiger charge is -2.11. The topological polar surface area (TPSA) is 50.5 Å². The van der Waals surface area contributed by atoms with Gasteiger partial charge in [-0.05, 0) is 55.5 Å². The van der Waals surface area contributed by atoms with Crippen LogP contribution in [0, 0.1) is 0 Å². The molecular formula is C26H18BrClN4O. The average molecular weight is 518 g/mol. The molecule has 0 saturated carbocycles. The number of nitrogens with zero attached hydrogens (tertiary/aromatic N) is 4. The summed E-state index contributed by atoms with van der Waals surface area (Å²) >= 11 is 9.60. The monoisotopic (exact) mass is 516 g/mol. The van der Waals surface area contributed by atoms with Gasteiger partial charge >= 0.3 is 0 Å². The number of carbonyl (C=O) groups is 1. The fraction of sp³-hybridized carbons (Fsp3) is 0.0385. The molecule has 0 fully saturated rings. The van der Waals surface area contributed by atoms with Crippen LogP contribution in [0.2, 0.25) is 5.02 Å². The van der Waals surface area contributed by atoms with Gasteiger partial charge in [0.2, 0.25) is 0 Å². The summed E-state index contributed by atoms with van der Waals surface area (Å²) in [5, 5.41) is 11.2. The molecule has 5 rings (SSSR count). The first-order valence-corrected chi connectivity index (χ1v) is 11.4. The van der Waals surface area contributed by atoms with Crippen LogP contribution in [-0.4, -0.2) is 21.4 Å². The standard InChI is InChI=1S/C26H18BrClN4O/c1-17-24(26(33)32(29-17)23-9-5-6-21(28)15-23)14-19-16-31(22-7-3-2-4-8-22)30-25(19)18-10-12-20(27)13-11-18/h2-16H,1H3/b24-14+. The number of hydrazone groups is 1. The molecule has 0 saturated heterocycles. The molecule has 2 heterocycles. The number of para-hydroxylation sites is 1. The number of hydrogen-bond donors (Lipinski definition) is 0. The van der Waals surface area contributed by atoms with E-state index >= 15 is 0 Å². The molecule has 0 atom stereocenters. The number of carbonyl (C=O) groups excluding carboxylic acids is 1. The highest BCUT2D eigenvalue weighted by Crippen LogP contribution is 2.30. The van der Waals surface area contributed by atoms with Crippen molar-refractivity contribution in [1.29, 1.82) is 0 Å². The highest BCUT2D eigenvalue weighted by Gasteiger charge is 2.29. The first-order chi connectivity index (χ1) is 16.0. The van der Waals surface area contributed by atoms with Crippen molar-refractivity contribution in [3.05, 3.63) is 106 Å². The predicted octanol–water partition coefficient (Wildman–Crippen LogP) is 6.76.